The number of halogens is 4. The fraction of sp³-hybridized carbons (Fsp3) is 0.154. The summed E-state index contributed by atoms with van der Waals surface area (Å²) >= 11 is 11.6. The summed E-state index contributed by atoms with van der Waals surface area (Å²) in [5, 5.41) is 0.182. The highest BCUT2D eigenvalue weighted by molar-refractivity contribution is 6.32. The highest BCUT2D eigenvalue weighted by Crippen LogP contribution is 2.34. The summed E-state index contributed by atoms with van der Waals surface area (Å²) in [5.74, 6) is -3.55. The number of carbonyl (C=O) groups is 2. The molecular formula is C26H21Cl2F2N5O7. The topological polar surface area (TPSA) is 169 Å². The molecule has 16 heteroatoms. The molecule has 3 N–H and O–H groups in total. The second-order valence-electron chi connectivity index (χ2n) is 7.85. The number of anilines is 1. The molecule has 0 aliphatic heterocycles. The zero-order valence-corrected chi connectivity index (χ0v) is 23.8. The van der Waals surface area contributed by atoms with Crippen molar-refractivity contribution in [2.75, 3.05) is 34.2 Å². The predicted octanol–water partition coefficient (Wildman–Crippen LogP) is 4.34. The van der Waals surface area contributed by atoms with Gasteiger partial charge in [0.15, 0.2) is 40.3 Å². The van der Waals surface area contributed by atoms with E-state index >= 15 is 0 Å². The van der Waals surface area contributed by atoms with Gasteiger partial charge in [0.2, 0.25) is 0 Å². The Labute approximate surface area is 246 Å². The van der Waals surface area contributed by atoms with Crippen LogP contribution < -0.4 is 20.8 Å². The van der Waals surface area contributed by atoms with Crippen LogP contribution >= 0.6 is 23.2 Å². The molecule has 2 heterocycles. The molecule has 4 aromatic rings. The highest BCUT2D eigenvalue weighted by atomic mass is 35.5. The highest BCUT2D eigenvalue weighted by Gasteiger charge is 2.20. The van der Waals surface area contributed by atoms with Gasteiger partial charge in [0, 0.05) is 12.1 Å². The van der Waals surface area contributed by atoms with E-state index in [1.165, 1.54) is 51.7 Å². The molecule has 220 valence electrons. The van der Waals surface area contributed by atoms with E-state index in [0.29, 0.717) is 0 Å². The number of nitrogens with two attached hydrogens (primary N) is 1. The van der Waals surface area contributed by atoms with E-state index in [1.807, 2.05) is 0 Å². The summed E-state index contributed by atoms with van der Waals surface area (Å²) in [6.07, 6.45) is 0. The van der Waals surface area contributed by atoms with Crippen molar-refractivity contribution in [2.24, 2.45) is 0 Å². The molecule has 0 aliphatic rings. The van der Waals surface area contributed by atoms with Crippen molar-refractivity contribution in [2.45, 2.75) is 0 Å². The molecule has 0 aliphatic carbocycles. The predicted molar refractivity (Wildman–Crippen MR) is 148 cm³/mol. The molecule has 0 radical (unpaired) electrons. The third kappa shape index (κ3) is 6.90. The van der Waals surface area contributed by atoms with E-state index < -0.39 is 29.1 Å². The van der Waals surface area contributed by atoms with Crippen LogP contribution in [-0.4, -0.2) is 60.3 Å². The lowest BCUT2D eigenvalue weighted by Gasteiger charge is -2.09. The van der Waals surface area contributed by atoms with Crippen LogP contribution in [0.25, 0.3) is 22.8 Å². The van der Waals surface area contributed by atoms with E-state index in [9.17, 15) is 23.2 Å². The maximum atomic E-state index is 14.3. The Balaban J connectivity index is 0.000000230. The minimum Gasteiger partial charge on any atom is -0.492 e. The van der Waals surface area contributed by atoms with E-state index in [2.05, 4.69) is 29.4 Å². The van der Waals surface area contributed by atoms with Gasteiger partial charge in [0.05, 0.1) is 49.6 Å². The van der Waals surface area contributed by atoms with E-state index in [4.69, 9.17) is 38.4 Å². The molecule has 0 amide bonds. The Hall–Kier alpha value is -4.82. The summed E-state index contributed by atoms with van der Waals surface area (Å²) in [6, 6.07) is 7.71. The number of nitrogens with zero attached hydrogens (tertiary/aromatic N) is 3. The number of aromatic amines is 1. The summed E-state index contributed by atoms with van der Waals surface area (Å²) in [6.45, 7) is 0. The number of hydrogen-bond acceptors (Lipinski definition) is 11. The first-order valence-electron chi connectivity index (χ1n) is 11.4. The number of esters is 2. The number of rotatable bonds is 6. The maximum absolute atomic E-state index is 14.3. The SMILES string of the molecule is COC(=O)c1cc(=O)[nH]c(-c2ccc(Cl)c(OC)c2F)n1.COC(=O)c1cc(N)nc(-c2ccc(Cl)c(OC)c2F)n1. The average molecular weight is 624 g/mol. The molecule has 0 saturated heterocycles. The van der Waals surface area contributed by atoms with Gasteiger partial charge >= 0.3 is 11.9 Å². The first-order chi connectivity index (χ1) is 19.9. The number of aromatic nitrogens is 4. The summed E-state index contributed by atoms with van der Waals surface area (Å²) < 4.78 is 47.4. The van der Waals surface area contributed by atoms with Gasteiger partial charge in [-0.2, -0.15) is 0 Å². The van der Waals surface area contributed by atoms with Gasteiger partial charge in [-0.1, -0.05) is 23.2 Å². The zero-order chi connectivity index (χ0) is 31.1. The van der Waals surface area contributed by atoms with Crippen molar-refractivity contribution < 1.29 is 37.3 Å². The first kappa shape index (κ1) is 31.7. The molecule has 0 spiro atoms. The second-order valence-corrected chi connectivity index (χ2v) is 8.66. The first-order valence-corrected chi connectivity index (χ1v) is 12.2. The third-order valence-electron chi connectivity index (χ3n) is 5.28. The minimum absolute atomic E-state index is 0.00806. The van der Waals surface area contributed by atoms with E-state index in [0.717, 1.165) is 13.2 Å². The largest absolute Gasteiger partial charge is 0.492 e. The van der Waals surface area contributed by atoms with E-state index in [-0.39, 0.29) is 61.5 Å². The van der Waals surface area contributed by atoms with Crippen LogP contribution in [0.1, 0.15) is 21.0 Å². The Kier molecular flexibility index (Phi) is 10.3. The Morgan fingerprint density at radius 3 is 1.81 bits per heavy atom. The fourth-order valence-electron chi connectivity index (χ4n) is 3.38. The maximum Gasteiger partial charge on any atom is 0.356 e. The van der Waals surface area contributed by atoms with Crippen LogP contribution in [0.4, 0.5) is 14.6 Å². The van der Waals surface area contributed by atoms with E-state index in [1.54, 1.807) is 0 Å². The molecule has 0 fully saturated rings. The molecule has 0 saturated carbocycles. The van der Waals surface area contributed by atoms with Crippen molar-refractivity contribution in [1.82, 2.24) is 19.9 Å². The van der Waals surface area contributed by atoms with Gasteiger partial charge < -0.3 is 29.7 Å². The van der Waals surface area contributed by atoms with Gasteiger partial charge in [-0.15, -0.1) is 0 Å². The summed E-state index contributed by atoms with van der Waals surface area (Å²) in [7, 11) is 4.90. The van der Waals surface area contributed by atoms with Crippen molar-refractivity contribution in [1.29, 1.82) is 0 Å². The fourth-order valence-corrected chi connectivity index (χ4v) is 3.83. The lowest BCUT2D eigenvalue weighted by atomic mass is 10.1. The van der Waals surface area contributed by atoms with Gasteiger partial charge in [0.25, 0.3) is 5.56 Å². The van der Waals surface area contributed by atoms with Crippen LogP contribution in [0, 0.1) is 11.6 Å². The Morgan fingerprint density at radius 1 is 0.786 bits per heavy atom. The molecule has 4 rings (SSSR count). The molecule has 2 aromatic heterocycles. The average Bonchev–Trinajstić information content (AvgIpc) is 2.96. The van der Waals surface area contributed by atoms with Gasteiger partial charge in [-0.05, 0) is 24.3 Å². The number of nitrogens with one attached hydrogen (secondary N) is 1. The molecular weight excluding hydrogens is 603 g/mol. The quantitative estimate of drug-likeness (QED) is 0.293. The lowest BCUT2D eigenvalue weighted by Crippen LogP contribution is -2.15. The molecule has 42 heavy (non-hydrogen) atoms. The third-order valence-corrected chi connectivity index (χ3v) is 5.87. The van der Waals surface area contributed by atoms with Crippen LogP contribution in [0.3, 0.4) is 0 Å². The van der Waals surface area contributed by atoms with Crippen LogP contribution in [0.5, 0.6) is 11.5 Å². The van der Waals surface area contributed by atoms with Crippen molar-refractivity contribution in [3.63, 3.8) is 0 Å². The monoisotopic (exact) mass is 623 g/mol. The number of ether oxygens (including phenoxy) is 4. The Morgan fingerprint density at radius 2 is 1.29 bits per heavy atom. The minimum atomic E-state index is -0.802. The van der Waals surface area contributed by atoms with Gasteiger partial charge in [-0.25, -0.2) is 33.3 Å². The molecule has 2 aromatic carbocycles. The van der Waals surface area contributed by atoms with Crippen LogP contribution in [-0.2, 0) is 9.47 Å². The van der Waals surface area contributed by atoms with Gasteiger partial charge in [-0.3, -0.25) is 4.79 Å². The normalized spacial score (nSPS) is 10.3. The Bertz CT molecular complexity index is 1720. The van der Waals surface area contributed by atoms with Crippen LogP contribution in [0.2, 0.25) is 10.0 Å². The number of methoxy groups -OCH3 is 4. The number of nitrogen functional groups attached to an aromatic ring is 1. The summed E-state index contributed by atoms with van der Waals surface area (Å²) in [4.78, 5) is 48.5. The number of carbonyl (C=O) groups excluding carboxylic acids is 2. The number of hydrogen-bond donors (Lipinski definition) is 2. The van der Waals surface area contributed by atoms with Crippen molar-refractivity contribution in [3.05, 3.63) is 79.8 Å². The van der Waals surface area contributed by atoms with Crippen molar-refractivity contribution in [3.8, 4) is 34.3 Å². The zero-order valence-electron chi connectivity index (χ0n) is 22.3. The molecule has 0 bridgehead atoms. The number of H-pyrrole nitrogens is 1. The van der Waals surface area contributed by atoms with Gasteiger partial charge in [0.1, 0.15) is 11.6 Å². The standard InChI is InChI=1S/C13H11ClFN3O3.C13H10ClFN2O4/c1-20-11-7(14)4-3-6(10(11)15)12-17-8(13(19)21-2)5-9(16)18-12;1-20-11-7(14)4-3-6(10(11)15)12-16-8(13(19)21-2)5-9(18)17-12/h3-5H,1-2H3,(H2,16,17,18);3-5H,1-2H3,(H,16,17,18). The van der Waals surface area contributed by atoms with Crippen molar-refractivity contribution >= 4 is 41.0 Å². The lowest BCUT2D eigenvalue weighted by molar-refractivity contribution is 0.0585. The molecule has 12 nitrogen and oxygen atoms in total. The smallest absolute Gasteiger partial charge is 0.356 e. The molecule has 0 atom stereocenters. The molecule has 0 unspecified atom stereocenters. The summed E-state index contributed by atoms with van der Waals surface area (Å²) in [5.41, 5.74) is 4.63. The number of benzene rings is 2. The van der Waals surface area contributed by atoms with Crippen LogP contribution in [0.15, 0.2) is 41.2 Å². The second kappa shape index (κ2) is 13.7.